The molecule has 0 atom stereocenters. The standard InChI is InChI=1S/C26H25F2N5O/c1-16-24(18-4-3-5-19(27)23(18)28)33-21(8-11-29-33)25(30-16)32-12-9-26(10-13-32)14-17-6-7-22(34-2)31-20(17)15-26/h3-8,11H,9-10,12-15H2,1-2H3. The van der Waals surface area contributed by atoms with Crippen LogP contribution in [0.5, 0.6) is 5.88 Å². The Morgan fingerprint density at radius 3 is 2.62 bits per heavy atom. The maximum Gasteiger partial charge on any atom is 0.213 e. The lowest BCUT2D eigenvalue weighted by atomic mass is 9.76. The Bertz CT molecular complexity index is 1410. The topological polar surface area (TPSA) is 55.5 Å². The van der Waals surface area contributed by atoms with E-state index in [2.05, 4.69) is 21.0 Å². The summed E-state index contributed by atoms with van der Waals surface area (Å²) in [6.45, 7) is 3.56. The largest absolute Gasteiger partial charge is 0.481 e. The van der Waals surface area contributed by atoms with Gasteiger partial charge in [0, 0.05) is 30.4 Å². The first-order chi connectivity index (χ1) is 16.5. The highest BCUT2D eigenvalue weighted by atomic mass is 19.2. The van der Waals surface area contributed by atoms with Gasteiger partial charge in [-0.2, -0.15) is 5.10 Å². The zero-order chi connectivity index (χ0) is 23.4. The highest BCUT2D eigenvalue weighted by Gasteiger charge is 2.41. The fourth-order valence-electron chi connectivity index (χ4n) is 5.61. The molecule has 4 heterocycles. The van der Waals surface area contributed by atoms with E-state index >= 15 is 0 Å². The lowest BCUT2D eigenvalue weighted by Crippen LogP contribution is -2.41. The first kappa shape index (κ1) is 21.0. The van der Waals surface area contributed by atoms with Gasteiger partial charge >= 0.3 is 0 Å². The van der Waals surface area contributed by atoms with E-state index in [4.69, 9.17) is 9.72 Å². The molecule has 6 nitrogen and oxygen atoms in total. The highest BCUT2D eigenvalue weighted by Crippen LogP contribution is 2.45. The summed E-state index contributed by atoms with van der Waals surface area (Å²) >= 11 is 0. The molecule has 1 spiro atoms. The molecule has 1 fully saturated rings. The monoisotopic (exact) mass is 461 g/mol. The van der Waals surface area contributed by atoms with Crippen LogP contribution in [0.1, 0.15) is 29.8 Å². The van der Waals surface area contributed by atoms with Gasteiger partial charge in [-0.1, -0.05) is 12.1 Å². The van der Waals surface area contributed by atoms with Crippen LogP contribution >= 0.6 is 0 Å². The molecule has 0 unspecified atom stereocenters. The van der Waals surface area contributed by atoms with Gasteiger partial charge in [0.2, 0.25) is 5.88 Å². The third kappa shape index (κ3) is 3.23. The van der Waals surface area contributed by atoms with E-state index in [0.717, 1.165) is 61.9 Å². The van der Waals surface area contributed by atoms with Crippen molar-refractivity contribution < 1.29 is 13.5 Å². The van der Waals surface area contributed by atoms with Gasteiger partial charge in [-0.25, -0.2) is 23.3 Å². The van der Waals surface area contributed by atoms with E-state index in [0.29, 0.717) is 17.3 Å². The third-order valence-corrected chi connectivity index (χ3v) is 7.39. The maximum atomic E-state index is 14.6. The molecule has 4 aromatic rings. The van der Waals surface area contributed by atoms with Gasteiger partial charge in [-0.15, -0.1) is 0 Å². The van der Waals surface area contributed by atoms with E-state index in [9.17, 15) is 8.78 Å². The minimum absolute atomic E-state index is 0.162. The number of anilines is 1. The van der Waals surface area contributed by atoms with Crippen molar-refractivity contribution in [1.29, 1.82) is 0 Å². The minimum atomic E-state index is -0.886. The molecule has 1 saturated heterocycles. The van der Waals surface area contributed by atoms with Crippen LogP contribution in [0.3, 0.4) is 0 Å². The van der Waals surface area contributed by atoms with Crippen molar-refractivity contribution in [1.82, 2.24) is 19.6 Å². The van der Waals surface area contributed by atoms with Crippen LogP contribution in [0.15, 0.2) is 42.6 Å². The Balaban J connectivity index is 1.30. The summed E-state index contributed by atoms with van der Waals surface area (Å²) < 4.78 is 35.5. The van der Waals surface area contributed by atoms with Crippen LogP contribution in [0.2, 0.25) is 0 Å². The Hall–Kier alpha value is -3.55. The second-order valence-corrected chi connectivity index (χ2v) is 9.40. The molecular formula is C26H25F2N5O. The summed E-state index contributed by atoms with van der Waals surface area (Å²) in [7, 11) is 1.65. The highest BCUT2D eigenvalue weighted by molar-refractivity contribution is 5.75. The normalized spacial score (nSPS) is 16.9. The zero-order valence-electron chi connectivity index (χ0n) is 19.2. The van der Waals surface area contributed by atoms with E-state index in [1.54, 1.807) is 23.9 Å². The summed E-state index contributed by atoms with van der Waals surface area (Å²) in [6.07, 6.45) is 5.76. The Morgan fingerprint density at radius 2 is 1.82 bits per heavy atom. The number of pyridine rings is 1. The Labute approximate surface area is 196 Å². The smallest absolute Gasteiger partial charge is 0.213 e. The lowest BCUT2D eigenvalue weighted by Gasteiger charge is -2.40. The van der Waals surface area contributed by atoms with Gasteiger partial charge in [0.05, 0.1) is 24.7 Å². The number of fused-ring (bicyclic) bond motifs is 2. The SMILES string of the molecule is COc1ccc2c(n1)CC1(CCN(c3nc(C)c(-c4cccc(F)c4F)n4nccc34)CC1)C2. The average Bonchev–Trinajstić information content (AvgIpc) is 3.45. The molecule has 3 aromatic heterocycles. The van der Waals surface area contributed by atoms with Crippen molar-refractivity contribution in [2.75, 3.05) is 25.1 Å². The molecular weight excluding hydrogens is 436 g/mol. The average molecular weight is 462 g/mol. The van der Waals surface area contributed by atoms with Crippen molar-refractivity contribution in [2.24, 2.45) is 5.41 Å². The second-order valence-electron chi connectivity index (χ2n) is 9.40. The number of ether oxygens (including phenoxy) is 1. The molecule has 0 bridgehead atoms. The maximum absolute atomic E-state index is 14.6. The van der Waals surface area contributed by atoms with Crippen molar-refractivity contribution >= 4 is 11.3 Å². The lowest BCUT2D eigenvalue weighted by molar-refractivity contribution is 0.231. The van der Waals surface area contributed by atoms with E-state index < -0.39 is 11.6 Å². The molecule has 0 radical (unpaired) electrons. The number of nitrogens with zero attached hydrogens (tertiary/aromatic N) is 5. The molecule has 0 saturated carbocycles. The summed E-state index contributed by atoms with van der Waals surface area (Å²) in [5.41, 5.74) is 4.73. The predicted molar refractivity (Wildman–Crippen MR) is 125 cm³/mol. The molecule has 0 amide bonds. The van der Waals surface area contributed by atoms with Gasteiger partial charge in [0.15, 0.2) is 17.5 Å². The van der Waals surface area contributed by atoms with Crippen LogP contribution in [-0.4, -0.2) is 39.8 Å². The van der Waals surface area contributed by atoms with Crippen molar-refractivity contribution in [3.05, 3.63) is 71.2 Å². The minimum Gasteiger partial charge on any atom is -0.481 e. The van der Waals surface area contributed by atoms with Gasteiger partial charge in [-0.3, -0.25) is 0 Å². The zero-order valence-corrected chi connectivity index (χ0v) is 19.2. The summed E-state index contributed by atoms with van der Waals surface area (Å²) in [5, 5.41) is 4.44. The first-order valence-electron chi connectivity index (χ1n) is 11.5. The fraction of sp³-hybridized carbons (Fsp3) is 0.346. The molecule has 34 heavy (non-hydrogen) atoms. The molecule has 1 aromatic carbocycles. The molecule has 1 aliphatic heterocycles. The number of rotatable bonds is 3. The number of hydrogen-bond donors (Lipinski definition) is 0. The number of aromatic nitrogens is 4. The molecule has 1 aliphatic carbocycles. The predicted octanol–water partition coefficient (Wildman–Crippen LogP) is 4.77. The van der Waals surface area contributed by atoms with E-state index in [-0.39, 0.29) is 11.0 Å². The number of methoxy groups -OCH3 is 1. The molecule has 174 valence electrons. The quantitative estimate of drug-likeness (QED) is 0.440. The van der Waals surface area contributed by atoms with Crippen molar-refractivity contribution in [2.45, 2.75) is 32.6 Å². The van der Waals surface area contributed by atoms with Crippen molar-refractivity contribution in [3.63, 3.8) is 0 Å². The fourth-order valence-corrected chi connectivity index (χ4v) is 5.61. The number of benzene rings is 1. The Kier molecular flexibility index (Phi) is 4.79. The molecule has 8 heteroatoms. The summed E-state index contributed by atoms with van der Waals surface area (Å²) in [5.74, 6) is -0.262. The molecule has 2 aliphatic rings. The van der Waals surface area contributed by atoms with Crippen LogP contribution in [0.4, 0.5) is 14.6 Å². The van der Waals surface area contributed by atoms with Gasteiger partial charge in [0.1, 0.15) is 5.52 Å². The third-order valence-electron chi connectivity index (χ3n) is 7.39. The van der Waals surface area contributed by atoms with Crippen LogP contribution in [0.25, 0.3) is 16.8 Å². The number of piperidine rings is 1. The van der Waals surface area contributed by atoms with Crippen LogP contribution < -0.4 is 9.64 Å². The molecule has 0 N–H and O–H groups in total. The first-order valence-corrected chi connectivity index (χ1v) is 11.5. The van der Waals surface area contributed by atoms with Crippen molar-refractivity contribution in [3.8, 4) is 17.1 Å². The van der Waals surface area contributed by atoms with E-state index in [1.807, 2.05) is 19.1 Å². The number of hydrogen-bond acceptors (Lipinski definition) is 5. The van der Waals surface area contributed by atoms with E-state index in [1.165, 1.54) is 11.6 Å². The Morgan fingerprint density at radius 1 is 1.00 bits per heavy atom. The number of aryl methyl sites for hydroxylation is 1. The summed E-state index contributed by atoms with van der Waals surface area (Å²) in [4.78, 5) is 11.8. The number of halogens is 2. The van der Waals surface area contributed by atoms with Crippen LogP contribution in [-0.2, 0) is 12.8 Å². The summed E-state index contributed by atoms with van der Waals surface area (Å²) in [6, 6.07) is 10.2. The second kappa shape index (κ2) is 7.75. The van der Waals surface area contributed by atoms with Gasteiger partial charge in [-0.05, 0) is 61.8 Å². The van der Waals surface area contributed by atoms with Crippen LogP contribution in [0, 0.1) is 24.0 Å². The molecule has 6 rings (SSSR count). The van der Waals surface area contributed by atoms with Gasteiger partial charge in [0.25, 0.3) is 0 Å². The van der Waals surface area contributed by atoms with Gasteiger partial charge < -0.3 is 9.64 Å².